The third-order valence-corrected chi connectivity index (χ3v) is 2.40. The van der Waals surface area contributed by atoms with E-state index in [9.17, 15) is 9.59 Å². The van der Waals surface area contributed by atoms with Crippen LogP contribution in [0, 0.1) is 0 Å². The number of hydrogen-bond acceptors (Lipinski definition) is 3. The zero-order chi connectivity index (χ0) is 13.7. The number of carboxylic acid groups (broad SMARTS) is 2. The minimum atomic E-state index is -1.36. The van der Waals surface area contributed by atoms with Crippen molar-refractivity contribution in [3.05, 3.63) is 53.9 Å². The maximum Gasteiger partial charge on any atom is 0.355 e. The Morgan fingerprint density at radius 2 is 1.78 bits per heavy atom. The number of hydrogen-bond donors (Lipinski definition) is 2. The fourth-order valence-corrected chi connectivity index (χ4v) is 1.69. The van der Waals surface area contributed by atoms with Crippen molar-refractivity contribution in [1.82, 2.24) is 4.98 Å². The smallest absolute Gasteiger partial charge is 0.355 e. The molecule has 0 saturated carbocycles. The van der Waals surface area contributed by atoms with E-state index < -0.39 is 17.6 Å². The Hall–Kier alpha value is -2.43. The maximum atomic E-state index is 11.2. The summed E-state index contributed by atoms with van der Waals surface area (Å²) in [5, 5.41) is 18.1. The van der Waals surface area contributed by atoms with E-state index in [4.69, 9.17) is 10.2 Å². The van der Waals surface area contributed by atoms with E-state index in [0.29, 0.717) is 17.5 Å². The van der Waals surface area contributed by atoms with Crippen molar-refractivity contribution in [2.24, 2.45) is 0 Å². The monoisotopic (exact) mass is 247 g/mol. The van der Waals surface area contributed by atoms with Crippen molar-refractivity contribution in [1.29, 1.82) is 0 Å². The van der Waals surface area contributed by atoms with Crippen LogP contribution in [0.4, 0.5) is 0 Å². The first kappa shape index (κ1) is 13.6. The van der Waals surface area contributed by atoms with Crippen molar-refractivity contribution >= 4 is 11.9 Å². The zero-order valence-corrected chi connectivity index (χ0v) is 9.72. The molecule has 0 aliphatic carbocycles. The molecule has 0 bridgehead atoms. The number of rotatable bonds is 6. The van der Waals surface area contributed by atoms with Crippen molar-refractivity contribution in [2.75, 3.05) is 0 Å². The Morgan fingerprint density at radius 1 is 1.17 bits per heavy atom. The van der Waals surface area contributed by atoms with Gasteiger partial charge in [-0.2, -0.15) is 0 Å². The average Bonchev–Trinajstić information content (AvgIpc) is 2.30. The second kappa shape index (κ2) is 5.77. The molecule has 0 radical (unpaired) electrons. The van der Waals surface area contributed by atoms with Gasteiger partial charge < -0.3 is 10.2 Å². The number of carbonyl (C=O) groups is 2. The average molecular weight is 247 g/mol. The molecule has 1 aromatic heterocycles. The summed E-state index contributed by atoms with van der Waals surface area (Å²) in [5.74, 6) is -2.66. The van der Waals surface area contributed by atoms with Crippen LogP contribution in [0.15, 0.2) is 31.5 Å². The normalized spacial score (nSPS) is 9.78. The Kier molecular flexibility index (Phi) is 4.37. The lowest BCUT2D eigenvalue weighted by molar-refractivity contribution is 0.0645. The molecule has 94 valence electrons. The molecular weight excluding hydrogens is 234 g/mol. The number of allylic oxidation sites excluding steroid dienone is 2. The molecule has 0 aromatic carbocycles. The number of pyridine rings is 1. The fourth-order valence-electron chi connectivity index (χ4n) is 1.69. The topological polar surface area (TPSA) is 87.5 Å². The largest absolute Gasteiger partial charge is 0.478 e. The summed E-state index contributed by atoms with van der Waals surface area (Å²) < 4.78 is 0. The van der Waals surface area contributed by atoms with Gasteiger partial charge in [0.05, 0.1) is 5.56 Å². The molecule has 0 fully saturated rings. The van der Waals surface area contributed by atoms with E-state index >= 15 is 0 Å². The van der Waals surface area contributed by atoms with Crippen LogP contribution in [0.25, 0.3) is 0 Å². The number of aromatic carboxylic acids is 2. The predicted molar refractivity (Wildman–Crippen MR) is 66.0 cm³/mol. The van der Waals surface area contributed by atoms with Crippen molar-refractivity contribution in [3.63, 3.8) is 0 Å². The van der Waals surface area contributed by atoms with E-state index in [1.807, 2.05) is 0 Å². The van der Waals surface area contributed by atoms with Crippen LogP contribution < -0.4 is 0 Å². The van der Waals surface area contributed by atoms with Crippen LogP contribution in [-0.2, 0) is 12.8 Å². The second-order valence-electron chi connectivity index (χ2n) is 3.58. The molecule has 0 atom stereocenters. The highest BCUT2D eigenvalue weighted by atomic mass is 16.4. The molecule has 2 N–H and O–H groups in total. The van der Waals surface area contributed by atoms with Gasteiger partial charge in [-0.3, -0.25) is 0 Å². The molecule has 1 heterocycles. The van der Waals surface area contributed by atoms with Crippen molar-refractivity contribution < 1.29 is 19.8 Å². The molecule has 18 heavy (non-hydrogen) atoms. The summed E-state index contributed by atoms with van der Waals surface area (Å²) in [4.78, 5) is 25.9. The van der Waals surface area contributed by atoms with Crippen LogP contribution in [0.2, 0.25) is 0 Å². The molecule has 5 heteroatoms. The third kappa shape index (κ3) is 2.63. The van der Waals surface area contributed by atoms with Crippen LogP contribution in [0.5, 0.6) is 0 Å². The highest BCUT2D eigenvalue weighted by Crippen LogP contribution is 2.20. The van der Waals surface area contributed by atoms with Crippen molar-refractivity contribution in [2.45, 2.75) is 12.8 Å². The van der Waals surface area contributed by atoms with Gasteiger partial charge in [-0.05, 0) is 24.0 Å². The molecule has 5 nitrogen and oxygen atoms in total. The van der Waals surface area contributed by atoms with Gasteiger partial charge in [-0.15, -0.1) is 13.2 Å². The Labute approximate surface area is 104 Å². The van der Waals surface area contributed by atoms with Gasteiger partial charge in [-0.25, -0.2) is 14.6 Å². The SMILES string of the molecule is C=CCc1cnc(C(=O)O)c(C(=O)O)c1CC=C. The van der Waals surface area contributed by atoms with Gasteiger partial charge in [0.15, 0.2) is 5.69 Å². The van der Waals surface area contributed by atoms with Crippen LogP contribution in [-0.4, -0.2) is 27.1 Å². The number of carboxylic acids is 2. The lowest BCUT2D eigenvalue weighted by Crippen LogP contribution is -2.15. The van der Waals surface area contributed by atoms with Gasteiger partial charge in [0.25, 0.3) is 0 Å². The van der Waals surface area contributed by atoms with E-state index in [0.717, 1.165) is 0 Å². The summed E-state index contributed by atoms with van der Waals surface area (Å²) in [6, 6.07) is 0. The third-order valence-electron chi connectivity index (χ3n) is 2.40. The first-order valence-corrected chi connectivity index (χ1v) is 5.22. The highest BCUT2D eigenvalue weighted by Gasteiger charge is 2.23. The summed E-state index contributed by atoms with van der Waals surface area (Å²) in [7, 11) is 0. The Bertz CT molecular complexity index is 520. The molecule has 0 aliphatic heterocycles. The standard InChI is InChI=1S/C13H13NO4/c1-3-5-8-7-14-11(13(17)18)10(12(15)16)9(8)6-4-2/h3-4,7H,1-2,5-6H2,(H,15,16)(H,17,18). The number of aromatic nitrogens is 1. The second-order valence-corrected chi connectivity index (χ2v) is 3.58. The first-order chi connectivity index (χ1) is 8.52. The van der Waals surface area contributed by atoms with Crippen LogP contribution in [0.1, 0.15) is 32.0 Å². The van der Waals surface area contributed by atoms with E-state index in [1.165, 1.54) is 12.3 Å². The summed E-state index contributed by atoms with van der Waals surface area (Å²) >= 11 is 0. The van der Waals surface area contributed by atoms with Gasteiger partial charge >= 0.3 is 11.9 Å². The molecule has 0 amide bonds. The van der Waals surface area contributed by atoms with E-state index in [-0.39, 0.29) is 12.0 Å². The van der Waals surface area contributed by atoms with Gasteiger partial charge in [0, 0.05) is 6.20 Å². The summed E-state index contributed by atoms with van der Waals surface area (Å²) in [6.45, 7) is 7.12. The molecule has 1 rings (SSSR count). The Morgan fingerprint density at radius 3 is 2.22 bits per heavy atom. The highest BCUT2D eigenvalue weighted by molar-refractivity contribution is 6.01. The van der Waals surface area contributed by atoms with Gasteiger partial charge in [0.2, 0.25) is 0 Å². The van der Waals surface area contributed by atoms with E-state index in [1.54, 1.807) is 6.08 Å². The fraction of sp³-hybridized carbons (Fsp3) is 0.154. The molecule has 0 saturated heterocycles. The van der Waals surface area contributed by atoms with Crippen LogP contribution in [0.3, 0.4) is 0 Å². The minimum absolute atomic E-state index is 0.271. The summed E-state index contributed by atoms with van der Waals surface area (Å²) in [5.41, 5.74) is 0.339. The molecule has 1 aromatic rings. The molecule has 0 spiro atoms. The quantitative estimate of drug-likeness (QED) is 0.750. The van der Waals surface area contributed by atoms with Gasteiger partial charge in [-0.1, -0.05) is 12.2 Å². The van der Waals surface area contributed by atoms with Crippen LogP contribution >= 0.6 is 0 Å². The number of nitrogens with zero attached hydrogens (tertiary/aromatic N) is 1. The Balaban J connectivity index is 3.58. The van der Waals surface area contributed by atoms with Crippen molar-refractivity contribution in [3.8, 4) is 0 Å². The van der Waals surface area contributed by atoms with Gasteiger partial charge in [0.1, 0.15) is 0 Å². The molecule has 0 unspecified atom stereocenters. The minimum Gasteiger partial charge on any atom is -0.478 e. The predicted octanol–water partition coefficient (Wildman–Crippen LogP) is 1.94. The maximum absolute atomic E-state index is 11.2. The molecular formula is C13H13NO4. The lowest BCUT2D eigenvalue weighted by Gasteiger charge is -2.11. The first-order valence-electron chi connectivity index (χ1n) is 5.22. The lowest BCUT2D eigenvalue weighted by atomic mass is 9.96. The summed E-state index contributed by atoms with van der Waals surface area (Å²) in [6.07, 6.45) is 5.20. The zero-order valence-electron chi connectivity index (χ0n) is 9.72. The molecule has 0 aliphatic rings. The van der Waals surface area contributed by atoms with E-state index in [2.05, 4.69) is 18.1 Å².